The van der Waals surface area contributed by atoms with Crippen molar-refractivity contribution in [1.29, 1.82) is 0 Å². The van der Waals surface area contributed by atoms with E-state index in [9.17, 15) is 8.42 Å². The minimum absolute atomic E-state index is 0.117. The number of nitrogens with one attached hydrogen (secondary N) is 1. The van der Waals surface area contributed by atoms with E-state index in [1.54, 1.807) is 12.1 Å². The fraction of sp³-hybridized carbons (Fsp3) is 0.200. The molecule has 0 aliphatic carbocycles. The van der Waals surface area contributed by atoms with Crippen molar-refractivity contribution >= 4 is 15.7 Å². The molecule has 0 spiro atoms. The fourth-order valence-corrected chi connectivity index (χ4v) is 2.61. The fourth-order valence-electron chi connectivity index (χ4n) is 2.06. The Balaban J connectivity index is 2.15. The first-order chi connectivity index (χ1) is 9.50. The van der Waals surface area contributed by atoms with E-state index >= 15 is 0 Å². The first kappa shape index (κ1) is 14.6. The van der Waals surface area contributed by atoms with E-state index in [2.05, 4.69) is 24.4 Å². The Morgan fingerprint density at radius 1 is 1.05 bits per heavy atom. The lowest BCUT2D eigenvalue weighted by molar-refractivity contribution is 0.598. The molecule has 5 heteroatoms. The third kappa shape index (κ3) is 3.59. The molecule has 0 saturated carbocycles. The summed E-state index contributed by atoms with van der Waals surface area (Å²) in [4.78, 5) is 0.117. The highest BCUT2D eigenvalue weighted by molar-refractivity contribution is 7.89. The van der Waals surface area contributed by atoms with Crippen LogP contribution in [-0.2, 0) is 23.0 Å². The highest BCUT2D eigenvalue weighted by Gasteiger charge is 2.08. The van der Waals surface area contributed by atoms with Gasteiger partial charge in [-0.15, -0.1) is 0 Å². The second kappa shape index (κ2) is 6.07. The topological polar surface area (TPSA) is 72.2 Å². The Bertz CT molecular complexity index is 697. The van der Waals surface area contributed by atoms with E-state index in [4.69, 9.17) is 5.14 Å². The molecule has 2 aromatic rings. The highest BCUT2D eigenvalue weighted by atomic mass is 32.2. The molecule has 3 N–H and O–H groups in total. The maximum atomic E-state index is 11.3. The van der Waals surface area contributed by atoms with Gasteiger partial charge in [0.25, 0.3) is 0 Å². The number of nitrogens with two attached hydrogens (primary N) is 1. The largest absolute Gasteiger partial charge is 0.381 e. The maximum absolute atomic E-state index is 11.3. The van der Waals surface area contributed by atoms with Crippen LogP contribution >= 0.6 is 0 Å². The first-order valence-corrected chi connectivity index (χ1v) is 7.99. The van der Waals surface area contributed by atoms with Gasteiger partial charge >= 0.3 is 0 Å². The minimum atomic E-state index is -3.66. The van der Waals surface area contributed by atoms with Gasteiger partial charge in [0.2, 0.25) is 10.0 Å². The Kier molecular flexibility index (Phi) is 4.42. The summed E-state index contributed by atoms with van der Waals surface area (Å²) < 4.78 is 22.6. The van der Waals surface area contributed by atoms with Crippen LogP contribution in [0.4, 0.5) is 5.69 Å². The maximum Gasteiger partial charge on any atom is 0.238 e. The SMILES string of the molecule is CCc1ccccc1CNc1cccc(S(N)(=O)=O)c1. The van der Waals surface area contributed by atoms with Crippen molar-refractivity contribution < 1.29 is 8.42 Å². The van der Waals surface area contributed by atoms with Gasteiger partial charge in [0.15, 0.2) is 0 Å². The Labute approximate surface area is 119 Å². The third-order valence-corrected chi connectivity index (χ3v) is 4.06. The summed E-state index contributed by atoms with van der Waals surface area (Å²) in [6.07, 6.45) is 0.967. The molecule has 0 unspecified atom stereocenters. The second-order valence-corrected chi connectivity index (χ2v) is 6.11. The molecule has 0 aliphatic heterocycles. The molecule has 0 radical (unpaired) electrons. The number of sulfonamides is 1. The normalized spacial score (nSPS) is 11.3. The van der Waals surface area contributed by atoms with Crippen LogP contribution in [-0.4, -0.2) is 8.42 Å². The van der Waals surface area contributed by atoms with E-state index in [1.165, 1.54) is 17.2 Å². The predicted molar refractivity (Wildman–Crippen MR) is 81.0 cm³/mol. The van der Waals surface area contributed by atoms with Crippen molar-refractivity contribution in [3.05, 3.63) is 59.7 Å². The summed E-state index contributed by atoms with van der Waals surface area (Å²) in [5.41, 5.74) is 3.22. The average molecular weight is 290 g/mol. The van der Waals surface area contributed by atoms with Gasteiger partial charge in [0, 0.05) is 12.2 Å². The van der Waals surface area contributed by atoms with Gasteiger partial charge in [-0.2, -0.15) is 0 Å². The average Bonchev–Trinajstić information content (AvgIpc) is 2.45. The number of primary sulfonamides is 1. The predicted octanol–water partition coefficient (Wildman–Crippen LogP) is 2.51. The summed E-state index contributed by atoms with van der Waals surface area (Å²) in [5.74, 6) is 0. The standard InChI is InChI=1S/C15H18N2O2S/c1-2-12-6-3-4-7-13(12)11-17-14-8-5-9-15(10-14)20(16,18)19/h3-10,17H,2,11H2,1H3,(H2,16,18,19). The van der Waals surface area contributed by atoms with Gasteiger partial charge in [-0.05, 0) is 35.7 Å². The molecular formula is C15H18N2O2S. The van der Waals surface area contributed by atoms with Crippen LogP contribution in [0.5, 0.6) is 0 Å². The molecular weight excluding hydrogens is 272 g/mol. The van der Waals surface area contributed by atoms with E-state index in [0.717, 1.165) is 12.1 Å². The number of rotatable bonds is 5. The van der Waals surface area contributed by atoms with Crippen molar-refractivity contribution in [1.82, 2.24) is 0 Å². The quantitative estimate of drug-likeness (QED) is 0.888. The molecule has 0 aliphatic rings. The molecule has 0 amide bonds. The van der Waals surface area contributed by atoms with Crippen LogP contribution < -0.4 is 10.5 Å². The van der Waals surface area contributed by atoms with Gasteiger partial charge in [-0.1, -0.05) is 37.3 Å². The number of anilines is 1. The molecule has 20 heavy (non-hydrogen) atoms. The van der Waals surface area contributed by atoms with Crippen molar-refractivity contribution in [2.75, 3.05) is 5.32 Å². The molecule has 0 bridgehead atoms. The first-order valence-electron chi connectivity index (χ1n) is 6.44. The summed E-state index contributed by atoms with van der Waals surface area (Å²) in [5, 5.41) is 8.35. The number of benzene rings is 2. The molecule has 2 rings (SSSR count). The molecule has 2 aromatic carbocycles. The Morgan fingerprint density at radius 2 is 1.75 bits per heavy atom. The van der Waals surface area contributed by atoms with Gasteiger partial charge in [0.1, 0.15) is 0 Å². The highest BCUT2D eigenvalue weighted by Crippen LogP contribution is 2.16. The lowest BCUT2D eigenvalue weighted by Crippen LogP contribution is -2.12. The number of hydrogen-bond donors (Lipinski definition) is 2. The van der Waals surface area contributed by atoms with Crippen LogP contribution in [0.2, 0.25) is 0 Å². The number of hydrogen-bond acceptors (Lipinski definition) is 3. The van der Waals surface area contributed by atoms with Crippen LogP contribution in [0.3, 0.4) is 0 Å². The number of aryl methyl sites for hydroxylation is 1. The van der Waals surface area contributed by atoms with Crippen molar-refractivity contribution in [2.24, 2.45) is 5.14 Å². The summed E-state index contributed by atoms with van der Waals surface area (Å²) in [7, 11) is -3.66. The zero-order valence-electron chi connectivity index (χ0n) is 11.3. The summed E-state index contributed by atoms with van der Waals surface area (Å²) in [6.45, 7) is 2.76. The molecule has 0 atom stereocenters. The van der Waals surface area contributed by atoms with Gasteiger partial charge in [0.05, 0.1) is 4.90 Å². The Morgan fingerprint density at radius 3 is 2.40 bits per heavy atom. The third-order valence-electron chi connectivity index (χ3n) is 3.14. The van der Waals surface area contributed by atoms with Crippen LogP contribution in [0.15, 0.2) is 53.4 Å². The minimum Gasteiger partial charge on any atom is -0.381 e. The zero-order chi connectivity index (χ0) is 14.6. The van der Waals surface area contributed by atoms with Crippen molar-refractivity contribution in [3.8, 4) is 0 Å². The second-order valence-electron chi connectivity index (χ2n) is 4.55. The van der Waals surface area contributed by atoms with Gasteiger partial charge in [-0.25, -0.2) is 13.6 Å². The van der Waals surface area contributed by atoms with E-state index < -0.39 is 10.0 Å². The Hall–Kier alpha value is -1.85. The molecule has 106 valence electrons. The van der Waals surface area contributed by atoms with Crippen LogP contribution in [0.1, 0.15) is 18.1 Å². The summed E-state index contributed by atoms with van der Waals surface area (Å²) in [6, 6.07) is 14.7. The van der Waals surface area contributed by atoms with E-state index in [0.29, 0.717) is 6.54 Å². The van der Waals surface area contributed by atoms with E-state index in [1.807, 2.05) is 18.2 Å². The van der Waals surface area contributed by atoms with Crippen LogP contribution in [0, 0.1) is 0 Å². The molecule has 0 saturated heterocycles. The monoisotopic (exact) mass is 290 g/mol. The summed E-state index contributed by atoms with van der Waals surface area (Å²) >= 11 is 0. The smallest absolute Gasteiger partial charge is 0.238 e. The molecule has 0 fully saturated rings. The zero-order valence-corrected chi connectivity index (χ0v) is 12.2. The molecule has 0 heterocycles. The van der Waals surface area contributed by atoms with Crippen molar-refractivity contribution in [3.63, 3.8) is 0 Å². The lowest BCUT2D eigenvalue weighted by Gasteiger charge is -2.11. The molecule has 4 nitrogen and oxygen atoms in total. The van der Waals surface area contributed by atoms with Gasteiger partial charge < -0.3 is 5.32 Å². The van der Waals surface area contributed by atoms with Crippen LogP contribution in [0.25, 0.3) is 0 Å². The van der Waals surface area contributed by atoms with Gasteiger partial charge in [-0.3, -0.25) is 0 Å². The lowest BCUT2D eigenvalue weighted by atomic mass is 10.1. The van der Waals surface area contributed by atoms with Crippen molar-refractivity contribution in [2.45, 2.75) is 24.8 Å². The van der Waals surface area contributed by atoms with E-state index in [-0.39, 0.29) is 4.90 Å². The molecule has 0 aromatic heterocycles.